The summed E-state index contributed by atoms with van der Waals surface area (Å²) in [6.45, 7) is 5.28. The third kappa shape index (κ3) is 2.09. The lowest BCUT2D eigenvalue weighted by Crippen LogP contribution is -2.52. The van der Waals surface area contributed by atoms with E-state index in [4.69, 9.17) is 10.5 Å². The zero-order chi connectivity index (χ0) is 11.7. The monoisotopic (exact) mass is 226 g/mol. The van der Waals surface area contributed by atoms with Crippen molar-refractivity contribution in [3.05, 3.63) is 0 Å². The van der Waals surface area contributed by atoms with E-state index in [9.17, 15) is 4.79 Å². The summed E-state index contributed by atoms with van der Waals surface area (Å²) in [5.74, 6) is 0.0766. The molecule has 1 amide bonds. The quantitative estimate of drug-likeness (QED) is 0.718. The molecular weight excluding hydrogens is 204 g/mol. The second kappa shape index (κ2) is 4.72. The lowest BCUT2D eigenvalue weighted by atomic mass is 9.93. The fraction of sp³-hybridized carbons (Fsp3) is 0.917. The van der Waals surface area contributed by atoms with E-state index in [-0.39, 0.29) is 17.9 Å². The molecular formula is C12H22N2O2. The van der Waals surface area contributed by atoms with E-state index in [1.807, 2.05) is 4.90 Å². The zero-order valence-electron chi connectivity index (χ0n) is 10.2. The molecule has 2 aliphatic rings. The first-order valence-electron chi connectivity index (χ1n) is 6.26. The molecule has 0 aliphatic carbocycles. The van der Waals surface area contributed by atoms with E-state index in [0.717, 1.165) is 12.8 Å². The van der Waals surface area contributed by atoms with Crippen LogP contribution in [0.1, 0.15) is 33.1 Å². The molecule has 4 nitrogen and oxygen atoms in total. The largest absolute Gasteiger partial charge is 0.379 e. The van der Waals surface area contributed by atoms with Crippen molar-refractivity contribution in [1.29, 1.82) is 0 Å². The van der Waals surface area contributed by atoms with Crippen molar-refractivity contribution in [2.75, 3.05) is 13.2 Å². The molecule has 0 bridgehead atoms. The van der Waals surface area contributed by atoms with E-state index >= 15 is 0 Å². The Hall–Kier alpha value is -0.610. The maximum atomic E-state index is 12.4. The first kappa shape index (κ1) is 11.9. The zero-order valence-corrected chi connectivity index (χ0v) is 10.2. The van der Waals surface area contributed by atoms with Gasteiger partial charge >= 0.3 is 0 Å². The van der Waals surface area contributed by atoms with Crippen molar-refractivity contribution in [3.63, 3.8) is 0 Å². The SMILES string of the molecule is CC1CCCC(C)N1C(=O)C1COCC1N. The van der Waals surface area contributed by atoms with E-state index < -0.39 is 0 Å². The van der Waals surface area contributed by atoms with Crippen LogP contribution in [0.25, 0.3) is 0 Å². The molecule has 16 heavy (non-hydrogen) atoms. The molecule has 2 saturated heterocycles. The molecule has 4 atom stereocenters. The minimum Gasteiger partial charge on any atom is -0.379 e. The number of ether oxygens (including phenoxy) is 1. The van der Waals surface area contributed by atoms with Gasteiger partial charge in [-0.3, -0.25) is 4.79 Å². The number of nitrogens with two attached hydrogens (primary N) is 1. The molecule has 2 N–H and O–H groups in total. The highest BCUT2D eigenvalue weighted by atomic mass is 16.5. The maximum Gasteiger partial charge on any atom is 0.230 e. The Morgan fingerprint density at radius 2 is 1.88 bits per heavy atom. The molecule has 0 aromatic rings. The highest BCUT2D eigenvalue weighted by Gasteiger charge is 2.38. The number of hydrogen-bond acceptors (Lipinski definition) is 3. The number of amides is 1. The average Bonchev–Trinajstić information content (AvgIpc) is 2.64. The van der Waals surface area contributed by atoms with Gasteiger partial charge in [-0.2, -0.15) is 0 Å². The van der Waals surface area contributed by atoms with Crippen molar-refractivity contribution in [2.24, 2.45) is 11.7 Å². The minimum absolute atomic E-state index is 0.117. The first-order valence-corrected chi connectivity index (χ1v) is 6.26. The summed E-state index contributed by atoms with van der Waals surface area (Å²) in [5.41, 5.74) is 5.90. The van der Waals surface area contributed by atoms with Gasteiger partial charge in [-0.05, 0) is 33.1 Å². The minimum atomic E-state index is -0.122. The third-order valence-electron chi connectivity index (χ3n) is 3.89. The summed E-state index contributed by atoms with van der Waals surface area (Å²) in [4.78, 5) is 14.4. The van der Waals surface area contributed by atoms with E-state index in [1.165, 1.54) is 6.42 Å². The van der Waals surface area contributed by atoms with Gasteiger partial charge in [0.15, 0.2) is 0 Å². The van der Waals surface area contributed by atoms with Crippen LogP contribution in [0.2, 0.25) is 0 Å². The van der Waals surface area contributed by atoms with Gasteiger partial charge in [-0.25, -0.2) is 0 Å². The Morgan fingerprint density at radius 3 is 2.38 bits per heavy atom. The first-order chi connectivity index (χ1) is 7.61. The molecule has 2 fully saturated rings. The van der Waals surface area contributed by atoms with Gasteiger partial charge in [-0.15, -0.1) is 0 Å². The molecule has 0 aromatic carbocycles. The smallest absolute Gasteiger partial charge is 0.230 e. The topological polar surface area (TPSA) is 55.6 Å². The second-order valence-corrected chi connectivity index (χ2v) is 5.18. The summed E-state index contributed by atoms with van der Waals surface area (Å²) in [5, 5.41) is 0. The standard InChI is InChI=1S/C12H22N2O2/c1-8-4-3-5-9(2)14(8)12(15)10-6-16-7-11(10)13/h8-11H,3-7,13H2,1-2H3. The number of piperidine rings is 1. The second-order valence-electron chi connectivity index (χ2n) is 5.18. The average molecular weight is 226 g/mol. The van der Waals surface area contributed by atoms with Crippen molar-refractivity contribution in [2.45, 2.75) is 51.2 Å². The van der Waals surface area contributed by atoms with Gasteiger partial charge in [0.2, 0.25) is 5.91 Å². The van der Waals surface area contributed by atoms with Crippen molar-refractivity contribution in [3.8, 4) is 0 Å². The Bertz CT molecular complexity index is 260. The number of rotatable bonds is 1. The molecule has 2 heterocycles. The molecule has 2 rings (SSSR count). The summed E-state index contributed by atoms with van der Waals surface area (Å²) in [6, 6.07) is 0.585. The Morgan fingerprint density at radius 1 is 1.25 bits per heavy atom. The summed E-state index contributed by atoms with van der Waals surface area (Å²) >= 11 is 0. The molecule has 2 aliphatic heterocycles. The predicted molar refractivity (Wildman–Crippen MR) is 61.9 cm³/mol. The van der Waals surface area contributed by atoms with Crippen molar-refractivity contribution < 1.29 is 9.53 Å². The van der Waals surface area contributed by atoms with Gasteiger partial charge in [0.25, 0.3) is 0 Å². The van der Waals surface area contributed by atoms with Crippen LogP contribution in [0.3, 0.4) is 0 Å². The fourth-order valence-electron chi connectivity index (χ4n) is 2.87. The molecule has 92 valence electrons. The van der Waals surface area contributed by atoms with Crippen LogP contribution in [0.15, 0.2) is 0 Å². The van der Waals surface area contributed by atoms with Crippen molar-refractivity contribution >= 4 is 5.91 Å². The normalized spacial score (nSPS) is 40.1. The van der Waals surface area contributed by atoms with Gasteiger partial charge in [0.05, 0.1) is 19.1 Å². The Balaban J connectivity index is 2.07. The lowest BCUT2D eigenvalue weighted by Gasteiger charge is -2.40. The maximum absolute atomic E-state index is 12.4. The highest BCUT2D eigenvalue weighted by molar-refractivity contribution is 5.80. The van der Waals surface area contributed by atoms with Crippen LogP contribution in [0.4, 0.5) is 0 Å². The summed E-state index contributed by atoms with van der Waals surface area (Å²) < 4.78 is 5.28. The van der Waals surface area contributed by atoms with Crippen molar-refractivity contribution in [1.82, 2.24) is 4.90 Å². The van der Waals surface area contributed by atoms with Gasteiger partial charge in [0.1, 0.15) is 0 Å². The van der Waals surface area contributed by atoms with Gasteiger partial charge in [-0.1, -0.05) is 0 Å². The van der Waals surface area contributed by atoms with E-state index in [2.05, 4.69) is 13.8 Å². The molecule has 0 saturated carbocycles. The fourth-order valence-corrected chi connectivity index (χ4v) is 2.87. The Kier molecular flexibility index (Phi) is 3.50. The van der Waals surface area contributed by atoms with Crippen LogP contribution < -0.4 is 5.73 Å². The number of carbonyl (C=O) groups excluding carboxylic acids is 1. The molecule has 0 spiro atoms. The molecule has 0 radical (unpaired) electrons. The van der Waals surface area contributed by atoms with Crippen LogP contribution in [0, 0.1) is 5.92 Å². The van der Waals surface area contributed by atoms with Gasteiger partial charge < -0.3 is 15.4 Å². The van der Waals surface area contributed by atoms with Gasteiger partial charge in [0, 0.05) is 18.1 Å². The molecule has 0 aromatic heterocycles. The van der Waals surface area contributed by atoms with Crippen LogP contribution in [-0.2, 0) is 9.53 Å². The Labute approximate surface area is 97.1 Å². The van der Waals surface area contributed by atoms with Crippen LogP contribution in [-0.4, -0.2) is 42.1 Å². The highest BCUT2D eigenvalue weighted by Crippen LogP contribution is 2.26. The number of nitrogens with zero attached hydrogens (tertiary/aromatic N) is 1. The predicted octanol–water partition coefficient (Wildman–Crippen LogP) is 0.750. The van der Waals surface area contributed by atoms with Crippen LogP contribution >= 0.6 is 0 Å². The number of hydrogen-bond donors (Lipinski definition) is 1. The van der Waals surface area contributed by atoms with E-state index in [0.29, 0.717) is 25.3 Å². The number of likely N-dealkylation sites (tertiary alicyclic amines) is 1. The molecule has 4 heteroatoms. The van der Waals surface area contributed by atoms with E-state index in [1.54, 1.807) is 0 Å². The lowest BCUT2D eigenvalue weighted by molar-refractivity contribution is -0.142. The summed E-state index contributed by atoms with van der Waals surface area (Å²) in [6.07, 6.45) is 3.44. The molecule has 4 unspecified atom stereocenters. The third-order valence-corrected chi connectivity index (χ3v) is 3.89. The van der Waals surface area contributed by atoms with Crippen LogP contribution in [0.5, 0.6) is 0 Å². The number of carbonyl (C=O) groups is 1. The summed E-state index contributed by atoms with van der Waals surface area (Å²) in [7, 11) is 0.